The number of aromatic nitrogens is 2. The van der Waals surface area contributed by atoms with Gasteiger partial charge in [0.05, 0.1) is 12.4 Å². The summed E-state index contributed by atoms with van der Waals surface area (Å²) in [6.45, 7) is 6.43. The lowest BCUT2D eigenvalue weighted by Gasteiger charge is -2.32. The maximum Gasteiger partial charge on any atom is 0.149 e. The number of piperidine rings is 1. The average molecular weight is 263 g/mol. The molecule has 0 saturated carbocycles. The topological polar surface area (TPSA) is 44.3 Å². The molecule has 1 fully saturated rings. The van der Waals surface area contributed by atoms with Crippen molar-refractivity contribution >= 4 is 11.6 Å². The van der Waals surface area contributed by atoms with Crippen LogP contribution in [0.2, 0.25) is 0 Å². The van der Waals surface area contributed by atoms with Crippen LogP contribution in [0.15, 0.2) is 12.4 Å². The van der Waals surface area contributed by atoms with Gasteiger partial charge in [-0.2, -0.15) is 0 Å². The number of anilines is 2. The minimum Gasteiger partial charge on any atom is -0.369 e. The average Bonchev–Trinajstić information content (AvgIpc) is 2.42. The van der Waals surface area contributed by atoms with Gasteiger partial charge in [0.15, 0.2) is 0 Å². The molecule has 2 rings (SSSR count). The van der Waals surface area contributed by atoms with Crippen molar-refractivity contribution in [1.82, 2.24) is 14.9 Å². The summed E-state index contributed by atoms with van der Waals surface area (Å²) in [6.07, 6.45) is 6.18. The Labute approximate surface area is 116 Å². The molecule has 1 aliphatic heterocycles. The second kappa shape index (κ2) is 6.70. The molecule has 5 heteroatoms. The number of hydrogen-bond acceptors (Lipinski definition) is 5. The van der Waals surface area contributed by atoms with Gasteiger partial charge in [-0.3, -0.25) is 4.98 Å². The zero-order valence-electron chi connectivity index (χ0n) is 12.3. The highest BCUT2D eigenvalue weighted by molar-refractivity contribution is 5.43. The van der Waals surface area contributed by atoms with Gasteiger partial charge in [-0.15, -0.1) is 0 Å². The molecular formula is C14H25N5. The Morgan fingerprint density at radius 3 is 2.79 bits per heavy atom. The van der Waals surface area contributed by atoms with Crippen molar-refractivity contribution in [3.63, 3.8) is 0 Å². The quantitative estimate of drug-likeness (QED) is 0.876. The third-order valence-corrected chi connectivity index (χ3v) is 3.74. The van der Waals surface area contributed by atoms with Crippen molar-refractivity contribution in [3.05, 3.63) is 12.4 Å². The predicted molar refractivity (Wildman–Crippen MR) is 79.7 cm³/mol. The van der Waals surface area contributed by atoms with E-state index in [4.69, 9.17) is 0 Å². The monoisotopic (exact) mass is 263 g/mol. The van der Waals surface area contributed by atoms with Gasteiger partial charge in [-0.05, 0) is 45.8 Å². The van der Waals surface area contributed by atoms with Gasteiger partial charge in [-0.25, -0.2) is 4.98 Å². The highest BCUT2D eigenvalue weighted by atomic mass is 15.2. The van der Waals surface area contributed by atoms with Crippen LogP contribution in [0.25, 0.3) is 0 Å². The second-order valence-electron chi connectivity index (χ2n) is 5.42. The smallest absolute Gasteiger partial charge is 0.149 e. The van der Waals surface area contributed by atoms with Crippen molar-refractivity contribution in [3.8, 4) is 0 Å². The van der Waals surface area contributed by atoms with Gasteiger partial charge in [-0.1, -0.05) is 0 Å². The Bertz CT molecular complexity index is 387. The highest BCUT2D eigenvalue weighted by Crippen LogP contribution is 2.19. The van der Waals surface area contributed by atoms with Crippen LogP contribution >= 0.6 is 0 Å². The van der Waals surface area contributed by atoms with E-state index in [1.807, 2.05) is 6.20 Å². The van der Waals surface area contributed by atoms with Crippen molar-refractivity contribution in [2.24, 2.45) is 5.92 Å². The standard InChI is InChI=1S/C14H25N5/c1-4-16-13-9-15-10-14(17-13)19(3)11-12-5-7-18(2)8-6-12/h9-10,12H,4-8,11H2,1-3H3,(H,16,17). The molecule has 19 heavy (non-hydrogen) atoms. The lowest BCUT2D eigenvalue weighted by molar-refractivity contribution is 0.222. The zero-order valence-corrected chi connectivity index (χ0v) is 12.3. The molecule has 5 nitrogen and oxygen atoms in total. The highest BCUT2D eigenvalue weighted by Gasteiger charge is 2.18. The number of nitrogens with one attached hydrogen (secondary N) is 1. The molecule has 2 heterocycles. The minimum atomic E-state index is 0.769. The number of rotatable bonds is 5. The van der Waals surface area contributed by atoms with E-state index in [0.29, 0.717) is 0 Å². The third kappa shape index (κ3) is 4.06. The van der Waals surface area contributed by atoms with Crippen molar-refractivity contribution in [2.75, 3.05) is 50.5 Å². The van der Waals surface area contributed by atoms with E-state index in [1.165, 1.54) is 25.9 Å². The Morgan fingerprint density at radius 1 is 1.37 bits per heavy atom. The maximum absolute atomic E-state index is 4.58. The first-order chi connectivity index (χ1) is 9.19. The summed E-state index contributed by atoms with van der Waals surface area (Å²) >= 11 is 0. The van der Waals surface area contributed by atoms with E-state index in [2.05, 4.69) is 46.1 Å². The van der Waals surface area contributed by atoms with Crippen molar-refractivity contribution < 1.29 is 0 Å². The lowest BCUT2D eigenvalue weighted by atomic mass is 9.97. The predicted octanol–water partition coefficient (Wildman–Crippen LogP) is 1.69. The molecule has 1 aromatic rings. The molecule has 1 aromatic heterocycles. The van der Waals surface area contributed by atoms with E-state index in [1.54, 1.807) is 6.20 Å². The Hall–Kier alpha value is -1.36. The zero-order chi connectivity index (χ0) is 13.7. The molecule has 0 radical (unpaired) electrons. The number of hydrogen-bond donors (Lipinski definition) is 1. The molecule has 0 spiro atoms. The van der Waals surface area contributed by atoms with Crippen molar-refractivity contribution in [2.45, 2.75) is 19.8 Å². The van der Waals surface area contributed by atoms with Crippen LogP contribution in [0.4, 0.5) is 11.6 Å². The van der Waals surface area contributed by atoms with Crippen LogP contribution in [-0.4, -0.2) is 55.1 Å². The van der Waals surface area contributed by atoms with Crippen molar-refractivity contribution in [1.29, 1.82) is 0 Å². The maximum atomic E-state index is 4.58. The van der Waals surface area contributed by atoms with Gasteiger partial charge in [0.25, 0.3) is 0 Å². The molecule has 0 bridgehead atoms. The largest absolute Gasteiger partial charge is 0.369 e. The minimum absolute atomic E-state index is 0.769. The fourth-order valence-electron chi connectivity index (χ4n) is 2.53. The fraction of sp³-hybridized carbons (Fsp3) is 0.714. The summed E-state index contributed by atoms with van der Waals surface area (Å²) in [4.78, 5) is 13.5. The van der Waals surface area contributed by atoms with Gasteiger partial charge >= 0.3 is 0 Å². The van der Waals surface area contributed by atoms with Gasteiger partial charge in [0.1, 0.15) is 11.6 Å². The first-order valence-electron chi connectivity index (χ1n) is 7.14. The number of nitrogens with zero attached hydrogens (tertiary/aromatic N) is 4. The first kappa shape index (κ1) is 14.1. The molecular weight excluding hydrogens is 238 g/mol. The van der Waals surface area contributed by atoms with Gasteiger partial charge in [0, 0.05) is 20.1 Å². The molecule has 0 aromatic carbocycles. The van der Waals surface area contributed by atoms with Gasteiger partial charge in [0.2, 0.25) is 0 Å². The van der Waals surface area contributed by atoms with E-state index >= 15 is 0 Å². The summed E-state index contributed by atoms with van der Waals surface area (Å²) in [5.41, 5.74) is 0. The Balaban J connectivity index is 1.91. The van der Waals surface area contributed by atoms with Crippen LogP contribution < -0.4 is 10.2 Å². The summed E-state index contributed by atoms with van der Waals surface area (Å²) in [5.74, 6) is 2.58. The van der Waals surface area contributed by atoms with Crippen LogP contribution in [0.3, 0.4) is 0 Å². The SMILES string of the molecule is CCNc1cncc(N(C)CC2CCN(C)CC2)n1. The van der Waals surface area contributed by atoms with E-state index in [-0.39, 0.29) is 0 Å². The summed E-state index contributed by atoms with van der Waals surface area (Å²) in [7, 11) is 4.31. The van der Waals surface area contributed by atoms with Crippen LogP contribution in [0, 0.1) is 5.92 Å². The van der Waals surface area contributed by atoms with E-state index < -0.39 is 0 Å². The fourth-order valence-corrected chi connectivity index (χ4v) is 2.53. The molecule has 0 atom stereocenters. The van der Waals surface area contributed by atoms with E-state index in [0.717, 1.165) is 30.6 Å². The normalized spacial score (nSPS) is 17.4. The molecule has 1 saturated heterocycles. The summed E-state index contributed by atoms with van der Waals surface area (Å²) in [5, 5.41) is 3.21. The van der Waals surface area contributed by atoms with Crippen LogP contribution in [0.5, 0.6) is 0 Å². The summed E-state index contributed by atoms with van der Waals surface area (Å²) in [6, 6.07) is 0. The first-order valence-corrected chi connectivity index (χ1v) is 7.14. The van der Waals surface area contributed by atoms with Crippen LogP contribution in [0.1, 0.15) is 19.8 Å². The summed E-state index contributed by atoms with van der Waals surface area (Å²) < 4.78 is 0. The Kier molecular flexibility index (Phi) is 4.96. The molecule has 0 unspecified atom stereocenters. The second-order valence-corrected chi connectivity index (χ2v) is 5.42. The molecule has 1 N–H and O–H groups in total. The third-order valence-electron chi connectivity index (χ3n) is 3.74. The Morgan fingerprint density at radius 2 is 2.11 bits per heavy atom. The lowest BCUT2D eigenvalue weighted by Crippen LogP contribution is -2.36. The molecule has 106 valence electrons. The number of likely N-dealkylation sites (tertiary alicyclic amines) is 1. The molecule has 0 amide bonds. The van der Waals surface area contributed by atoms with E-state index in [9.17, 15) is 0 Å². The molecule has 0 aliphatic carbocycles. The molecule has 1 aliphatic rings. The van der Waals surface area contributed by atoms with Crippen LogP contribution in [-0.2, 0) is 0 Å². The van der Waals surface area contributed by atoms with Gasteiger partial charge < -0.3 is 15.1 Å².